The fourth-order valence-corrected chi connectivity index (χ4v) is 2.24. The van der Waals surface area contributed by atoms with Crippen LogP contribution in [-0.2, 0) is 0 Å². The highest BCUT2D eigenvalue weighted by molar-refractivity contribution is 5.09. The van der Waals surface area contributed by atoms with E-state index in [2.05, 4.69) is 46.1 Å². The summed E-state index contributed by atoms with van der Waals surface area (Å²) in [4.78, 5) is 0. The van der Waals surface area contributed by atoms with Crippen molar-refractivity contribution >= 4 is 0 Å². The Bertz CT molecular complexity index is 280. The van der Waals surface area contributed by atoms with Crippen LogP contribution in [0.15, 0.2) is 49.1 Å². The molecule has 0 radical (unpaired) electrons. The molecular weight excluding hydrogens is 216 g/mol. The van der Waals surface area contributed by atoms with Crippen LogP contribution in [0.3, 0.4) is 0 Å². The summed E-state index contributed by atoms with van der Waals surface area (Å²) in [7, 11) is 0. The molecule has 0 aliphatic rings. The minimum Gasteiger partial charge on any atom is -0.0999 e. The van der Waals surface area contributed by atoms with Gasteiger partial charge in [0.05, 0.1) is 0 Å². The lowest BCUT2D eigenvalue weighted by atomic mass is 9.84. The summed E-state index contributed by atoms with van der Waals surface area (Å²) >= 11 is 0. The quantitative estimate of drug-likeness (QED) is 0.323. The fourth-order valence-electron chi connectivity index (χ4n) is 2.24. The fraction of sp³-hybridized carbons (Fsp3) is 0.556. The van der Waals surface area contributed by atoms with E-state index in [1.807, 2.05) is 12.2 Å². The van der Waals surface area contributed by atoms with E-state index in [9.17, 15) is 0 Å². The number of hydrogen-bond acceptors (Lipinski definition) is 0. The molecule has 0 amide bonds. The van der Waals surface area contributed by atoms with Crippen molar-refractivity contribution in [2.45, 2.75) is 52.9 Å². The van der Waals surface area contributed by atoms with Gasteiger partial charge in [0, 0.05) is 0 Å². The predicted molar refractivity (Wildman–Crippen MR) is 84.7 cm³/mol. The molecule has 0 rings (SSSR count). The lowest BCUT2D eigenvalue weighted by molar-refractivity contribution is 0.379. The van der Waals surface area contributed by atoms with Crippen molar-refractivity contribution < 1.29 is 0 Å². The third-order valence-corrected chi connectivity index (χ3v) is 3.49. The zero-order valence-corrected chi connectivity index (χ0v) is 12.5. The average molecular weight is 246 g/mol. The van der Waals surface area contributed by atoms with Crippen molar-refractivity contribution in [3.05, 3.63) is 49.1 Å². The molecule has 0 N–H and O–H groups in total. The molecule has 0 aliphatic heterocycles. The zero-order valence-electron chi connectivity index (χ0n) is 12.5. The molecule has 18 heavy (non-hydrogen) atoms. The van der Waals surface area contributed by atoms with Gasteiger partial charge < -0.3 is 0 Å². The second-order valence-electron chi connectivity index (χ2n) is 5.13. The molecule has 0 aromatic rings. The van der Waals surface area contributed by atoms with Crippen molar-refractivity contribution in [2.75, 3.05) is 0 Å². The third-order valence-electron chi connectivity index (χ3n) is 3.49. The minimum atomic E-state index is 0.706. The van der Waals surface area contributed by atoms with Gasteiger partial charge in [-0.2, -0.15) is 0 Å². The minimum absolute atomic E-state index is 0.706. The van der Waals surface area contributed by atoms with E-state index in [0.29, 0.717) is 5.92 Å². The molecule has 0 saturated carbocycles. The Hall–Kier alpha value is -1.04. The molecule has 0 nitrogen and oxygen atoms in total. The molecule has 0 fully saturated rings. The Morgan fingerprint density at radius 1 is 1.17 bits per heavy atom. The molecule has 102 valence electrons. The Labute approximate surface area is 114 Å². The van der Waals surface area contributed by atoms with Gasteiger partial charge in [0.2, 0.25) is 0 Å². The van der Waals surface area contributed by atoms with E-state index < -0.39 is 0 Å². The highest BCUT2D eigenvalue weighted by atomic mass is 14.2. The highest BCUT2D eigenvalue weighted by Crippen LogP contribution is 2.27. The SMILES string of the molecule is C=C/C=C\C=C/C[C@@H](CC)CC(CCC)C(=C)C. The van der Waals surface area contributed by atoms with Crippen LogP contribution in [0.1, 0.15) is 52.9 Å². The van der Waals surface area contributed by atoms with Crippen LogP contribution in [0.4, 0.5) is 0 Å². The summed E-state index contributed by atoms with van der Waals surface area (Å²) in [5.41, 5.74) is 1.35. The van der Waals surface area contributed by atoms with E-state index in [0.717, 1.165) is 5.92 Å². The van der Waals surface area contributed by atoms with Gasteiger partial charge in [-0.15, -0.1) is 0 Å². The molecular formula is C18H30. The van der Waals surface area contributed by atoms with Crippen LogP contribution in [0.2, 0.25) is 0 Å². The third kappa shape index (κ3) is 8.11. The van der Waals surface area contributed by atoms with E-state index in [1.165, 1.54) is 37.7 Å². The Balaban J connectivity index is 4.22. The first-order valence-corrected chi connectivity index (χ1v) is 7.25. The molecule has 0 aliphatic carbocycles. The van der Waals surface area contributed by atoms with E-state index in [1.54, 1.807) is 6.08 Å². The van der Waals surface area contributed by atoms with Gasteiger partial charge >= 0.3 is 0 Å². The maximum absolute atomic E-state index is 4.14. The first-order chi connectivity index (χ1) is 8.65. The molecule has 0 spiro atoms. The van der Waals surface area contributed by atoms with Gasteiger partial charge in [0.25, 0.3) is 0 Å². The summed E-state index contributed by atoms with van der Waals surface area (Å²) in [6, 6.07) is 0. The summed E-state index contributed by atoms with van der Waals surface area (Å²) in [5, 5.41) is 0. The van der Waals surface area contributed by atoms with Gasteiger partial charge in [-0.3, -0.25) is 0 Å². The molecule has 0 heteroatoms. The van der Waals surface area contributed by atoms with E-state index in [-0.39, 0.29) is 0 Å². The molecule has 2 atom stereocenters. The molecule has 0 heterocycles. The molecule has 0 bridgehead atoms. The summed E-state index contributed by atoms with van der Waals surface area (Å²) < 4.78 is 0. The van der Waals surface area contributed by atoms with Gasteiger partial charge in [0.15, 0.2) is 0 Å². The Kier molecular flexibility index (Phi) is 10.4. The predicted octanol–water partition coefficient (Wildman–Crippen LogP) is 6.08. The maximum Gasteiger partial charge on any atom is -0.0206 e. The van der Waals surface area contributed by atoms with Crippen LogP contribution in [-0.4, -0.2) is 0 Å². The van der Waals surface area contributed by atoms with Crippen molar-refractivity contribution in [1.82, 2.24) is 0 Å². The van der Waals surface area contributed by atoms with Crippen LogP contribution in [0.25, 0.3) is 0 Å². The van der Waals surface area contributed by atoms with Gasteiger partial charge in [-0.05, 0) is 38.0 Å². The Morgan fingerprint density at radius 2 is 1.89 bits per heavy atom. The van der Waals surface area contributed by atoms with Crippen LogP contribution in [0, 0.1) is 11.8 Å². The summed E-state index contributed by atoms with van der Waals surface area (Å²) in [6.07, 6.45) is 16.5. The first-order valence-electron chi connectivity index (χ1n) is 7.25. The van der Waals surface area contributed by atoms with Crippen molar-refractivity contribution in [3.63, 3.8) is 0 Å². The summed E-state index contributed by atoms with van der Waals surface area (Å²) in [5.74, 6) is 1.49. The van der Waals surface area contributed by atoms with Gasteiger partial charge in [-0.1, -0.05) is 75.8 Å². The molecule has 1 unspecified atom stereocenters. The number of rotatable bonds is 10. The smallest absolute Gasteiger partial charge is 0.0206 e. The lowest BCUT2D eigenvalue weighted by Crippen LogP contribution is -2.09. The van der Waals surface area contributed by atoms with Crippen molar-refractivity contribution in [3.8, 4) is 0 Å². The topological polar surface area (TPSA) is 0 Å². The van der Waals surface area contributed by atoms with Gasteiger partial charge in [0.1, 0.15) is 0 Å². The maximum atomic E-state index is 4.14. The van der Waals surface area contributed by atoms with Crippen molar-refractivity contribution in [2.24, 2.45) is 11.8 Å². The van der Waals surface area contributed by atoms with E-state index >= 15 is 0 Å². The standard InChI is InChI=1S/C18H30/c1-6-9-10-11-12-14-17(8-3)15-18(13-7-2)16(4)5/h6,9-12,17-18H,1,4,7-8,13-15H2,2-3,5H3/b10-9-,12-11-/t17-,18?/m1/s1. The normalized spacial score (nSPS) is 15.1. The van der Waals surface area contributed by atoms with E-state index in [4.69, 9.17) is 0 Å². The molecule has 0 aromatic heterocycles. The lowest BCUT2D eigenvalue weighted by Gasteiger charge is -2.22. The summed E-state index contributed by atoms with van der Waals surface area (Å²) in [6.45, 7) is 14.5. The monoisotopic (exact) mass is 246 g/mol. The molecule has 0 saturated heterocycles. The highest BCUT2D eigenvalue weighted by Gasteiger charge is 2.14. The zero-order chi connectivity index (χ0) is 13.8. The van der Waals surface area contributed by atoms with Crippen LogP contribution >= 0.6 is 0 Å². The van der Waals surface area contributed by atoms with Gasteiger partial charge in [-0.25, -0.2) is 0 Å². The average Bonchev–Trinajstić information content (AvgIpc) is 2.35. The Morgan fingerprint density at radius 3 is 2.39 bits per heavy atom. The molecule has 0 aromatic carbocycles. The first kappa shape index (κ1) is 17.0. The second kappa shape index (κ2) is 11.1. The second-order valence-corrected chi connectivity index (χ2v) is 5.13. The van der Waals surface area contributed by atoms with Crippen LogP contribution < -0.4 is 0 Å². The number of allylic oxidation sites excluding steroid dienone is 6. The largest absolute Gasteiger partial charge is 0.0999 e. The van der Waals surface area contributed by atoms with Crippen molar-refractivity contribution in [1.29, 1.82) is 0 Å². The number of hydrogen-bond donors (Lipinski definition) is 0. The van der Waals surface area contributed by atoms with Crippen LogP contribution in [0.5, 0.6) is 0 Å².